The van der Waals surface area contributed by atoms with Crippen molar-refractivity contribution in [2.24, 2.45) is 0 Å². The van der Waals surface area contributed by atoms with Crippen LogP contribution in [0.4, 0.5) is 0 Å². The molecule has 0 heterocycles. The summed E-state index contributed by atoms with van der Waals surface area (Å²) in [5.74, 6) is 1.55. The molecule has 4 nitrogen and oxygen atoms in total. The first-order chi connectivity index (χ1) is 9.83. The van der Waals surface area contributed by atoms with Gasteiger partial charge in [-0.15, -0.1) is 0 Å². The number of hydrogen-bond donors (Lipinski definition) is 2. The van der Waals surface area contributed by atoms with Crippen LogP contribution in [0.15, 0.2) is 30.9 Å². The summed E-state index contributed by atoms with van der Waals surface area (Å²) >= 11 is 0. The molecule has 0 fully saturated rings. The molecule has 0 spiro atoms. The second kappa shape index (κ2) is 10.3. The Balaban J connectivity index is 2.66. The Bertz CT molecular complexity index is 393. The van der Waals surface area contributed by atoms with Gasteiger partial charge in [0, 0.05) is 18.7 Å². The zero-order valence-corrected chi connectivity index (χ0v) is 12.2. The molecule has 0 atom stereocenters. The van der Waals surface area contributed by atoms with Crippen molar-refractivity contribution >= 4 is 0 Å². The van der Waals surface area contributed by atoms with Gasteiger partial charge in [0.15, 0.2) is 11.5 Å². The molecule has 0 saturated carbocycles. The van der Waals surface area contributed by atoms with Crippen molar-refractivity contribution < 1.29 is 14.6 Å². The predicted molar refractivity (Wildman–Crippen MR) is 81.3 cm³/mol. The van der Waals surface area contributed by atoms with Crippen LogP contribution in [0.1, 0.15) is 25.3 Å². The smallest absolute Gasteiger partial charge is 0.166 e. The Morgan fingerprint density at radius 3 is 2.85 bits per heavy atom. The van der Waals surface area contributed by atoms with Crippen LogP contribution in [0.5, 0.6) is 11.5 Å². The van der Waals surface area contributed by atoms with E-state index in [-0.39, 0.29) is 6.61 Å². The number of aliphatic hydroxyl groups excluding tert-OH is 1. The third kappa shape index (κ3) is 5.63. The molecule has 0 aliphatic heterocycles. The lowest BCUT2D eigenvalue weighted by atomic mass is 10.1. The Morgan fingerprint density at radius 2 is 2.15 bits per heavy atom. The molecule has 1 aromatic carbocycles. The summed E-state index contributed by atoms with van der Waals surface area (Å²) in [7, 11) is 0. The Labute approximate surface area is 121 Å². The van der Waals surface area contributed by atoms with Gasteiger partial charge in [-0.25, -0.2) is 0 Å². The number of benzene rings is 1. The first-order valence-electron chi connectivity index (χ1n) is 7.13. The van der Waals surface area contributed by atoms with E-state index in [1.807, 2.05) is 25.1 Å². The van der Waals surface area contributed by atoms with E-state index in [1.54, 1.807) is 6.08 Å². The van der Waals surface area contributed by atoms with Crippen molar-refractivity contribution in [2.45, 2.75) is 26.3 Å². The van der Waals surface area contributed by atoms with Gasteiger partial charge in [-0.2, -0.15) is 0 Å². The number of nitrogens with one attached hydrogen (secondary N) is 1. The molecular formula is C16H25NO3. The minimum absolute atomic E-state index is 0.245. The van der Waals surface area contributed by atoms with Crippen molar-refractivity contribution in [3.8, 4) is 11.5 Å². The molecule has 0 bridgehead atoms. The molecule has 0 aromatic heterocycles. The first kappa shape index (κ1) is 16.5. The zero-order chi connectivity index (χ0) is 14.6. The molecule has 0 unspecified atom stereocenters. The van der Waals surface area contributed by atoms with Gasteiger partial charge in [-0.05, 0) is 32.4 Å². The topological polar surface area (TPSA) is 50.7 Å². The highest BCUT2D eigenvalue weighted by Gasteiger charge is 2.10. The zero-order valence-electron chi connectivity index (χ0n) is 12.2. The maximum Gasteiger partial charge on any atom is 0.166 e. The summed E-state index contributed by atoms with van der Waals surface area (Å²) in [5.41, 5.74) is 1.07. The van der Waals surface area contributed by atoms with Gasteiger partial charge in [-0.1, -0.05) is 24.8 Å². The molecule has 2 N–H and O–H groups in total. The van der Waals surface area contributed by atoms with E-state index in [4.69, 9.17) is 14.6 Å². The molecule has 1 aromatic rings. The number of hydrogen-bond acceptors (Lipinski definition) is 4. The minimum Gasteiger partial charge on any atom is -0.490 e. The Hall–Kier alpha value is -1.52. The molecule has 112 valence electrons. The number of ether oxygens (including phenoxy) is 2. The molecule has 0 amide bonds. The molecule has 0 aliphatic rings. The highest BCUT2D eigenvalue weighted by molar-refractivity contribution is 5.46. The summed E-state index contributed by atoms with van der Waals surface area (Å²) in [6, 6.07) is 5.91. The molecule has 0 aliphatic carbocycles. The fourth-order valence-electron chi connectivity index (χ4n) is 1.86. The van der Waals surface area contributed by atoms with E-state index in [0.717, 1.165) is 43.0 Å². The summed E-state index contributed by atoms with van der Waals surface area (Å²) in [6.07, 6.45) is 3.51. The molecule has 0 saturated heterocycles. The normalized spacial score (nSPS) is 10.3. The van der Waals surface area contributed by atoms with Gasteiger partial charge < -0.3 is 19.9 Å². The third-order valence-corrected chi connectivity index (χ3v) is 2.78. The van der Waals surface area contributed by atoms with Crippen LogP contribution < -0.4 is 14.8 Å². The highest BCUT2D eigenvalue weighted by Crippen LogP contribution is 2.31. The van der Waals surface area contributed by atoms with Gasteiger partial charge in [-0.3, -0.25) is 0 Å². The van der Waals surface area contributed by atoms with Crippen LogP contribution in [-0.4, -0.2) is 31.5 Å². The standard InChI is InChI=1S/C16H25NO3/c1-3-12-20-16-14(13-17-10-5-6-11-18)8-7-9-15(16)19-4-2/h3,7-9,17-18H,1,4-6,10-13H2,2H3. The third-order valence-electron chi connectivity index (χ3n) is 2.78. The lowest BCUT2D eigenvalue weighted by Crippen LogP contribution is -2.16. The molecule has 20 heavy (non-hydrogen) atoms. The van der Waals surface area contributed by atoms with E-state index >= 15 is 0 Å². The second-order valence-electron chi connectivity index (χ2n) is 4.38. The molecular weight excluding hydrogens is 254 g/mol. The lowest BCUT2D eigenvalue weighted by molar-refractivity contribution is 0.283. The summed E-state index contributed by atoms with van der Waals surface area (Å²) in [6.45, 7) is 8.54. The quantitative estimate of drug-likeness (QED) is 0.483. The van der Waals surface area contributed by atoms with Gasteiger partial charge >= 0.3 is 0 Å². The van der Waals surface area contributed by atoms with Crippen LogP contribution in [0.25, 0.3) is 0 Å². The molecule has 1 rings (SSSR count). The van der Waals surface area contributed by atoms with Crippen molar-refractivity contribution in [3.05, 3.63) is 36.4 Å². The first-order valence-corrected chi connectivity index (χ1v) is 7.13. The van der Waals surface area contributed by atoms with Crippen LogP contribution in [-0.2, 0) is 6.54 Å². The van der Waals surface area contributed by atoms with Gasteiger partial charge in [0.1, 0.15) is 6.61 Å². The molecule has 0 radical (unpaired) electrons. The van der Waals surface area contributed by atoms with Crippen LogP contribution in [0.3, 0.4) is 0 Å². The second-order valence-corrected chi connectivity index (χ2v) is 4.38. The Morgan fingerprint density at radius 1 is 1.30 bits per heavy atom. The van der Waals surface area contributed by atoms with Crippen molar-refractivity contribution in [1.29, 1.82) is 0 Å². The maximum atomic E-state index is 8.75. The number of aliphatic hydroxyl groups is 1. The van der Waals surface area contributed by atoms with E-state index < -0.39 is 0 Å². The minimum atomic E-state index is 0.245. The van der Waals surface area contributed by atoms with Crippen molar-refractivity contribution in [3.63, 3.8) is 0 Å². The number of para-hydroxylation sites is 1. The van der Waals surface area contributed by atoms with Crippen LogP contribution in [0, 0.1) is 0 Å². The monoisotopic (exact) mass is 279 g/mol. The predicted octanol–water partition coefficient (Wildman–Crippen LogP) is 2.51. The van der Waals surface area contributed by atoms with Gasteiger partial charge in [0.2, 0.25) is 0 Å². The van der Waals surface area contributed by atoms with Crippen molar-refractivity contribution in [1.82, 2.24) is 5.32 Å². The SMILES string of the molecule is C=CCOc1c(CNCCCCO)cccc1OCC. The van der Waals surface area contributed by atoms with E-state index in [1.165, 1.54) is 0 Å². The fraction of sp³-hybridized carbons (Fsp3) is 0.500. The maximum absolute atomic E-state index is 8.75. The highest BCUT2D eigenvalue weighted by atomic mass is 16.5. The van der Waals surface area contributed by atoms with Crippen molar-refractivity contribution in [2.75, 3.05) is 26.4 Å². The fourth-order valence-corrected chi connectivity index (χ4v) is 1.86. The van der Waals surface area contributed by atoms with E-state index in [9.17, 15) is 0 Å². The summed E-state index contributed by atoms with van der Waals surface area (Å²) in [4.78, 5) is 0. The summed E-state index contributed by atoms with van der Waals surface area (Å²) in [5, 5.41) is 12.1. The molecule has 4 heteroatoms. The van der Waals surface area contributed by atoms with E-state index in [2.05, 4.69) is 11.9 Å². The lowest BCUT2D eigenvalue weighted by Gasteiger charge is -2.15. The van der Waals surface area contributed by atoms with E-state index in [0.29, 0.717) is 13.2 Å². The average Bonchev–Trinajstić information content (AvgIpc) is 2.46. The van der Waals surface area contributed by atoms with Crippen LogP contribution >= 0.6 is 0 Å². The summed E-state index contributed by atoms with van der Waals surface area (Å²) < 4.78 is 11.3. The average molecular weight is 279 g/mol. The largest absolute Gasteiger partial charge is 0.490 e. The van der Waals surface area contributed by atoms with Gasteiger partial charge in [0.25, 0.3) is 0 Å². The van der Waals surface area contributed by atoms with Gasteiger partial charge in [0.05, 0.1) is 6.61 Å². The number of unbranched alkanes of at least 4 members (excludes halogenated alkanes) is 1. The Kier molecular flexibility index (Phi) is 8.51. The van der Waals surface area contributed by atoms with Crippen LogP contribution in [0.2, 0.25) is 0 Å². The number of rotatable bonds is 11.